The molecule has 1 aliphatic carbocycles. The first kappa shape index (κ1) is 39.6. The molecule has 6 heteroatoms. The fourth-order valence-electron chi connectivity index (χ4n) is 9.58. The molecular formula is C61H40N6. The van der Waals surface area contributed by atoms with E-state index in [0.29, 0.717) is 34.9 Å². The zero-order chi connectivity index (χ0) is 44.6. The predicted molar refractivity (Wildman–Crippen MR) is 269 cm³/mol. The number of nitrogens with zero attached hydrogens (tertiary/aromatic N) is 6. The molecule has 0 fully saturated rings. The highest BCUT2D eigenvalue weighted by Gasteiger charge is 2.46. The summed E-state index contributed by atoms with van der Waals surface area (Å²) in [5.74, 6) is 3.62. The lowest BCUT2D eigenvalue weighted by molar-refractivity contribution is 0.769. The van der Waals surface area contributed by atoms with Crippen LogP contribution in [0.15, 0.2) is 243 Å². The molecule has 12 rings (SSSR count). The van der Waals surface area contributed by atoms with Crippen LogP contribution in [0.2, 0.25) is 0 Å². The SMILES string of the molecule is c1ccc(-c2nc(-c3ccccc3)nc(-c3ccc(-c4cc5c(cc4-c4nc(-c6ccccc6)nc(-c6ccccc6)n4)-c4ccccc4C5(c4ccccc4)c4ccccc4)cc3)n2)cc1. The second kappa shape index (κ2) is 16.8. The fraction of sp³-hybridized carbons (Fsp3) is 0.0164. The number of aromatic nitrogens is 6. The van der Waals surface area contributed by atoms with Gasteiger partial charge < -0.3 is 0 Å². The Morgan fingerprint density at radius 1 is 0.209 bits per heavy atom. The zero-order valence-corrected chi connectivity index (χ0v) is 36.3. The van der Waals surface area contributed by atoms with Gasteiger partial charge in [0.25, 0.3) is 0 Å². The highest BCUT2D eigenvalue weighted by Crippen LogP contribution is 2.58. The summed E-state index contributed by atoms with van der Waals surface area (Å²) in [6.45, 7) is 0. The van der Waals surface area contributed by atoms with Crippen LogP contribution < -0.4 is 0 Å². The topological polar surface area (TPSA) is 77.3 Å². The molecule has 67 heavy (non-hydrogen) atoms. The number of hydrogen-bond acceptors (Lipinski definition) is 6. The minimum Gasteiger partial charge on any atom is -0.208 e. The smallest absolute Gasteiger partial charge is 0.164 e. The first-order chi connectivity index (χ1) is 33.2. The molecule has 0 saturated heterocycles. The summed E-state index contributed by atoms with van der Waals surface area (Å²) in [5.41, 5.74) is 13.9. The lowest BCUT2D eigenvalue weighted by Gasteiger charge is -2.34. The van der Waals surface area contributed by atoms with E-state index in [9.17, 15) is 0 Å². The van der Waals surface area contributed by atoms with Gasteiger partial charge in [0.15, 0.2) is 34.9 Å². The van der Waals surface area contributed by atoms with Crippen molar-refractivity contribution in [3.8, 4) is 90.6 Å². The minimum absolute atomic E-state index is 0.585. The summed E-state index contributed by atoms with van der Waals surface area (Å²) >= 11 is 0. The minimum atomic E-state index is -0.613. The monoisotopic (exact) mass is 856 g/mol. The van der Waals surface area contributed by atoms with Crippen molar-refractivity contribution in [2.24, 2.45) is 0 Å². The Morgan fingerprint density at radius 2 is 0.537 bits per heavy atom. The van der Waals surface area contributed by atoms with Gasteiger partial charge in [-0.25, -0.2) is 29.9 Å². The van der Waals surface area contributed by atoms with E-state index in [2.05, 4.69) is 121 Å². The molecule has 0 aliphatic heterocycles. The summed E-state index contributed by atoms with van der Waals surface area (Å²) < 4.78 is 0. The first-order valence-electron chi connectivity index (χ1n) is 22.5. The molecule has 2 aromatic heterocycles. The molecule has 0 unspecified atom stereocenters. The summed E-state index contributed by atoms with van der Waals surface area (Å²) in [4.78, 5) is 30.7. The van der Waals surface area contributed by atoms with Crippen molar-refractivity contribution in [1.82, 2.24) is 29.9 Å². The van der Waals surface area contributed by atoms with Crippen LogP contribution in [0.1, 0.15) is 22.3 Å². The molecule has 2 heterocycles. The van der Waals surface area contributed by atoms with Crippen LogP contribution in [0.3, 0.4) is 0 Å². The Balaban J connectivity index is 1.11. The lowest BCUT2D eigenvalue weighted by Crippen LogP contribution is -2.28. The highest BCUT2D eigenvalue weighted by atomic mass is 15.0. The van der Waals surface area contributed by atoms with Crippen molar-refractivity contribution < 1.29 is 0 Å². The van der Waals surface area contributed by atoms with E-state index in [1.807, 2.05) is 121 Å². The maximum Gasteiger partial charge on any atom is 0.164 e. The third-order valence-corrected chi connectivity index (χ3v) is 12.7. The van der Waals surface area contributed by atoms with Crippen molar-refractivity contribution in [2.75, 3.05) is 0 Å². The molecule has 314 valence electrons. The summed E-state index contributed by atoms with van der Waals surface area (Å²) in [7, 11) is 0. The van der Waals surface area contributed by atoms with E-state index in [0.717, 1.165) is 50.1 Å². The van der Waals surface area contributed by atoms with Crippen LogP contribution in [0, 0.1) is 0 Å². The van der Waals surface area contributed by atoms with Crippen LogP contribution in [0.25, 0.3) is 90.6 Å². The zero-order valence-electron chi connectivity index (χ0n) is 36.3. The molecule has 0 bridgehead atoms. The van der Waals surface area contributed by atoms with Crippen molar-refractivity contribution in [3.63, 3.8) is 0 Å². The largest absolute Gasteiger partial charge is 0.208 e. The van der Waals surface area contributed by atoms with Crippen molar-refractivity contribution >= 4 is 0 Å². The van der Waals surface area contributed by atoms with E-state index in [1.165, 1.54) is 27.8 Å². The third kappa shape index (κ3) is 7.09. The van der Waals surface area contributed by atoms with E-state index < -0.39 is 5.41 Å². The van der Waals surface area contributed by atoms with E-state index in [-0.39, 0.29) is 0 Å². The number of benzene rings is 9. The molecule has 0 atom stereocenters. The summed E-state index contributed by atoms with van der Waals surface area (Å²) in [6.07, 6.45) is 0. The van der Waals surface area contributed by atoms with Crippen LogP contribution in [0.4, 0.5) is 0 Å². The van der Waals surface area contributed by atoms with Crippen molar-refractivity contribution in [3.05, 3.63) is 265 Å². The quantitative estimate of drug-likeness (QED) is 0.144. The maximum absolute atomic E-state index is 5.31. The van der Waals surface area contributed by atoms with Gasteiger partial charge in [-0.3, -0.25) is 0 Å². The molecule has 0 amide bonds. The Morgan fingerprint density at radius 3 is 0.955 bits per heavy atom. The Hall–Kier alpha value is -9.00. The van der Waals surface area contributed by atoms with Gasteiger partial charge in [-0.2, -0.15) is 0 Å². The van der Waals surface area contributed by atoms with E-state index in [1.54, 1.807) is 0 Å². The molecule has 6 nitrogen and oxygen atoms in total. The number of rotatable bonds is 9. The molecule has 0 N–H and O–H groups in total. The van der Waals surface area contributed by atoms with Crippen molar-refractivity contribution in [1.29, 1.82) is 0 Å². The average Bonchev–Trinajstić information content (AvgIpc) is 3.72. The molecule has 11 aromatic rings. The Labute approximate surface area is 389 Å². The average molecular weight is 857 g/mol. The second-order valence-electron chi connectivity index (χ2n) is 16.6. The molecule has 0 radical (unpaired) electrons. The number of hydrogen-bond donors (Lipinski definition) is 0. The van der Waals surface area contributed by atoms with Gasteiger partial charge in [-0.05, 0) is 56.6 Å². The first-order valence-corrected chi connectivity index (χ1v) is 22.5. The molecule has 9 aromatic carbocycles. The summed E-state index contributed by atoms with van der Waals surface area (Å²) in [6, 6.07) is 84.3. The normalized spacial score (nSPS) is 12.3. The number of fused-ring (bicyclic) bond motifs is 3. The fourth-order valence-corrected chi connectivity index (χ4v) is 9.58. The lowest BCUT2D eigenvalue weighted by atomic mass is 9.67. The van der Waals surface area contributed by atoms with Gasteiger partial charge in [0, 0.05) is 33.4 Å². The van der Waals surface area contributed by atoms with Crippen LogP contribution in [-0.2, 0) is 5.41 Å². The van der Waals surface area contributed by atoms with Gasteiger partial charge in [0.2, 0.25) is 0 Å². The summed E-state index contributed by atoms with van der Waals surface area (Å²) in [5, 5.41) is 0. The van der Waals surface area contributed by atoms with Gasteiger partial charge in [-0.15, -0.1) is 0 Å². The van der Waals surface area contributed by atoms with Gasteiger partial charge in [0.05, 0.1) is 5.41 Å². The predicted octanol–water partition coefficient (Wildman–Crippen LogP) is 14.1. The van der Waals surface area contributed by atoms with E-state index in [4.69, 9.17) is 29.9 Å². The standard InChI is InChI=1S/C61H40N6/c1-7-21-42(22-8-1)55-62-56(43-23-9-2-10-24-43)64-59(63-55)46-37-35-41(36-38-46)50-40-54-51(49-33-19-20-34-53(49)61(54,47-29-15-5-16-30-47)48-31-17-6-18-32-48)39-52(50)60-66-57(44-25-11-3-12-26-44)65-58(67-60)45-27-13-4-14-28-45/h1-40H. The van der Waals surface area contributed by atoms with Gasteiger partial charge in [-0.1, -0.05) is 231 Å². The molecule has 1 aliphatic rings. The third-order valence-electron chi connectivity index (χ3n) is 12.7. The molecular weight excluding hydrogens is 817 g/mol. The van der Waals surface area contributed by atoms with E-state index >= 15 is 0 Å². The van der Waals surface area contributed by atoms with Crippen molar-refractivity contribution in [2.45, 2.75) is 5.41 Å². The molecule has 0 saturated carbocycles. The van der Waals surface area contributed by atoms with Crippen LogP contribution in [-0.4, -0.2) is 29.9 Å². The molecule has 0 spiro atoms. The maximum atomic E-state index is 5.31. The Kier molecular flexibility index (Phi) is 9.95. The van der Waals surface area contributed by atoms with Crippen LogP contribution in [0.5, 0.6) is 0 Å². The highest BCUT2D eigenvalue weighted by molar-refractivity contribution is 5.94. The Bertz CT molecular complexity index is 3380. The van der Waals surface area contributed by atoms with Crippen LogP contribution >= 0.6 is 0 Å². The van der Waals surface area contributed by atoms with Gasteiger partial charge in [0.1, 0.15) is 0 Å². The second-order valence-corrected chi connectivity index (χ2v) is 16.6. The van der Waals surface area contributed by atoms with Gasteiger partial charge >= 0.3 is 0 Å².